The number of carbonyl (C=O) groups is 1. The third-order valence-corrected chi connectivity index (χ3v) is 4.91. The van der Waals surface area contributed by atoms with Crippen LogP contribution in [0.5, 0.6) is 0 Å². The number of thioether (sulfide) groups is 1. The predicted molar refractivity (Wildman–Crippen MR) is 83.1 cm³/mol. The molecule has 2 atom stereocenters. The van der Waals surface area contributed by atoms with E-state index in [2.05, 4.69) is 16.9 Å². The lowest BCUT2D eigenvalue weighted by molar-refractivity contribution is 0.0938. The molecule has 0 spiro atoms. The Morgan fingerprint density at radius 2 is 2.16 bits per heavy atom. The number of hydrogen-bond donors (Lipinski definition) is 2. The molecule has 1 aromatic rings. The molecule has 0 aliphatic heterocycles. The topological polar surface area (TPSA) is 41.1 Å². The highest BCUT2D eigenvalue weighted by atomic mass is 32.2. The van der Waals surface area contributed by atoms with E-state index in [0.717, 1.165) is 29.7 Å². The number of carbonyl (C=O) groups excluding carboxylic acids is 1. The maximum absolute atomic E-state index is 12.2. The summed E-state index contributed by atoms with van der Waals surface area (Å²) in [7, 11) is 1.89. The monoisotopic (exact) mass is 278 g/mol. The van der Waals surface area contributed by atoms with Crippen molar-refractivity contribution in [3.63, 3.8) is 0 Å². The summed E-state index contributed by atoms with van der Waals surface area (Å²) in [6.45, 7) is 2.02. The number of nitrogens with one attached hydrogen (secondary N) is 2. The highest BCUT2D eigenvalue weighted by Gasteiger charge is 2.25. The van der Waals surface area contributed by atoms with Crippen molar-refractivity contribution in [2.45, 2.75) is 37.5 Å². The van der Waals surface area contributed by atoms with Gasteiger partial charge in [-0.3, -0.25) is 4.79 Å². The minimum absolute atomic E-state index is 0.0532. The van der Waals surface area contributed by atoms with E-state index in [0.29, 0.717) is 11.3 Å². The zero-order valence-corrected chi connectivity index (χ0v) is 12.6. The van der Waals surface area contributed by atoms with E-state index in [1.165, 1.54) is 6.42 Å². The Bertz CT molecular complexity index is 461. The van der Waals surface area contributed by atoms with Crippen LogP contribution >= 0.6 is 11.8 Å². The van der Waals surface area contributed by atoms with Crippen LogP contribution in [-0.4, -0.2) is 30.5 Å². The SMILES string of the molecule is CNc1ccc(C(=O)NC2CCC(SC)C2)cc1C. The summed E-state index contributed by atoms with van der Waals surface area (Å²) in [6.07, 6.45) is 5.56. The Morgan fingerprint density at radius 1 is 1.37 bits per heavy atom. The molecule has 0 aromatic heterocycles. The van der Waals surface area contributed by atoms with Crippen LogP contribution in [0.1, 0.15) is 35.2 Å². The van der Waals surface area contributed by atoms with Crippen molar-refractivity contribution in [1.82, 2.24) is 5.32 Å². The smallest absolute Gasteiger partial charge is 0.251 e. The maximum Gasteiger partial charge on any atom is 0.251 e. The summed E-state index contributed by atoms with van der Waals surface area (Å²) in [5.41, 5.74) is 2.92. The summed E-state index contributed by atoms with van der Waals surface area (Å²) in [5.74, 6) is 0.0532. The van der Waals surface area contributed by atoms with Crippen molar-refractivity contribution in [2.75, 3.05) is 18.6 Å². The van der Waals surface area contributed by atoms with Gasteiger partial charge in [-0.2, -0.15) is 11.8 Å². The Labute approximate surface area is 119 Å². The van der Waals surface area contributed by atoms with Crippen molar-refractivity contribution in [1.29, 1.82) is 0 Å². The molecule has 1 amide bonds. The highest BCUT2D eigenvalue weighted by Crippen LogP contribution is 2.28. The molecule has 0 heterocycles. The first kappa shape index (κ1) is 14.3. The zero-order chi connectivity index (χ0) is 13.8. The van der Waals surface area contributed by atoms with Gasteiger partial charge in [-0.1, -0.05) is 0 Å². The summed E-state index contributed by atoms with van der Waals surface area (Å²) in [4.78, 5) is 12.2. The lowest BCUT2D eigenvalue weighted by Crippen LogP contribution is -2.33. The first-order valence-corrected chi connectivity index (χ1v) is 8.05. The first-order valence-electron chi connectivity index (χ1n) is 6.76. The van der Waals surface area contributed by atoms with Gasteiger partial charge in [0.1, 0.15) is 0 Å². The van der Waals surface area contributed by atoms with E-state index in [9.17, 15) is 4.79 Å². The number of amides is 1. The van der Waals surface area contributed by atoms with Crippen molar-refractivity contribution in [2.24, 2.45) is 0 Å². The predicted octanol–water partition coefficient (Wildman–Crippen LogP) is 3.05. The van der Waals surface area contributed by atoms with E-state index in [4.69, 9.17) is 0 Å². The molecule has 4 heteroatoms. The van der Waals surface area contributed by atoms with Crippen molar-refractivity contribution in [3.8, 4) is 0 Å². The van der Waals surface area contributed by atoms with Gasteiger partial charge in [0.25, 0.3) is 5.91 Å². The first-order chi connectivity index (χ1) is 9.13. The standard InChI is InChI=1S/C15H22N2OS/c1-10-8-11(4-7-14(10)16-2)15(18)17-12-5-6-13(9-12)19-3/h4,7-8,12-13,16H,5-6,9H2,1-3H3,(H,17,18). The Hall–Kier alpha value is -1.16. The van der Waals surface area contributed by atoms with Crippen LogP contribution < -0.4 is 10.6 Å². The molecule has 3 nitrogen and oxygen atoms in total. The molecule has 2 rings (SSSR count). The second-order valence-electron chi connectivity index (χ2n) is 5.12. The zero-order valence-electron chi connectivity index (χ0n) is 11.8. The van der Waals surface area contributed by atoms with Gasteiger partial charge in [0.15, 0.2) is 0 Å². The van der Waals surface area contributed by atoms with Gasteiger partial charge >= 0.3 is 0 Å². The van der Waals surface area contributed by atoms with Crippen LogP contribution in [0.25, 0.3) is 0 Å². The minimum atomic E-state index is 0.0532. The molecule has 104 valence electrons. The summed E-state index contributed by atoms with van der Waals surface area (Å²) < 4.78 is 0. The van der Waals surface area contributed by atoms with Gasteiger partial charge in [-0.05, 0) is 56.2 Å². The highest BCUT2D eigenvalue weighted by molar-refractivity contribution is 7.99. The fourth-order valence-corrected chi connectivity index (χ4v) is 3.44. The number of benzene rings is 1. The number of anilines is 1. The number of hydrogen-bond acceptors (Lipinski definition) is 3. The van der Waals surface area contributed by atoms with Crippen LogP contribution in [0.3, 0.4) is 0 Å². The van der Waals surface area contributed by atoms with Gasteiger partial charge in [0.05, 0.1) is 0 Å². The van der Waals surface area contributed by atoms with Gasteiger partial charge in [0, 0.05) is 29.6 Å². The Kier molecular flexibility index (Phi) is 4.75. The summed E-state index contributed by atoms with van der Waals surface area (Å²) >= 11 is 1.91. The molecule has 0 radical (unpaired) electrons. The second kappa shape index (κ2) is 6.33. The van der Waals surface area contributed by atoms with Crippen LogP contribution in [0.15, 0.2) is 18.2 Å². The van der Waals surface area contributed by atoms with Gasteiger partial charge < -0.3 is 10.6 Å². The van der Waals surface area contributed by atoms with E-state index in [1.807, 2.05) is 43.9 Å². The maximum atomic E-state index is 12.2. The van der Waals surface area contributed by atoms with Crippen LogP contribution in [0.2, 0.25) is 0 Å². The fourth-order valence-electron chi connectivity index (χ4n) is 2.64. The molecule has 2 N–H and O–H groups in total. The van der Waals surface area contributed by atoms with Gasteiger partial charge in [-0.25, -0.2) is 0 Å². The number of aryl methyl sites for hydroxylation is 1. The van der Waals surface area contributed by atoms with Crippen molar-refractivity contribution < 1.29 is 4.79 Å². The second-order valence-corrected chi connectivity index (χ2v) is 6.26. The lowest BCUT2D eigenvalue weighted by Gasteiger charge is -2.14. The molecule has 1 aliphatic carbocycles. The third kappa shape index (κ3) is 3.44. The fraction of sp³-hybridized carbons (Fsp3) is 0.533. The molecule has 1 aromatic carbocycles. The lowest BCUT2D eigenvalue weighted by atomic mass is 10.1. The molecule has 1 aliphatic rings. The van der Waals surface area contributed by atoms with Crippen LogP contribution in [0, 0.1) is 6.92 Å². The van der Waals surface area contributed by atoms with E-state index >= 15 is 0 Å². The minimum Gasteiger partial charge on any atom is -0.388 e. The van der Waals surface area contributed by atoms with Gasteiger partial charge in [0.2, 0.25) is 0 Å². The average molecular weight is 278 g/mol. The molecule has 0 bridgehead atoms. The normalized spacial score (nSPS) is 22.3. The average Bonchev–Trinajstić information content (AvgIpc) is 2.86. The third-order valence-electron chi connectivity index (χ3n) is 3.81. The van der Waals surface area contributed by atoms with Crippen LogP contribution in [-0.2, 0) is 0 Å². The molecular formula is C15H22N2OS. The molecule has 1 saturated carbocycles. The van der Waals surface area contributed by atoms with Gasteiger partial charge in [-0.15, -0.1) is 0 Å². The van der Waals surface area contributed by atoms with E-state index in [1.54, 1.807) is 0 Å². The number of rotatable bonds is 4. The largest absolute Gasteiger partial charge is 0.388 e. The molecule has 1 fully saturated rings. The van der Waals surface area contributed by atoms with E-state index < -0.39 is 0 Å². The molecule has 0 saturated heterocycles. The van der Waals surface area contributed by atoms with Crippen molar-refractivity contribution >= 4 is 23.4 Å². The summed E-state index contributed by atoms with van der Waals surface area (Å²) in [5, 5.41) is 6.97. The molecule has 2 unspecified atom stereocenters. The quantitative estimate of drug-likeness (QED) is 0.889. The molecule has 19 heavy (non-hydrogen) atoms. The van der Waals surface area contributed by atoms with Crippen molar-refractivity contribution in [3.05, 3.63) is 29.3 Å². The Balaban J connectivity index is 1.98. The Morgan fingerprint density at radius 3 is 2.74 bits per heavy atom. The van der Waals surface area contributed by atoms with E-state index in [-0.39, 0.29) is 5.91 Å². The summed E-state index contributed by atoms with van der Waals surface area (Å²) in [6, 6.07) is 6.13. The van der Waals surface area contributed by atoms with Crippen LogP contribution in [0.4, 0.5) is 5.69 Å². The molecular weight excluding hydrogens is 256 g/mol.